The molecule has 0 spiro atoms. The first-order chi connectivity index (χ1) is 7.06. The Kier molecular flexibility index (Phi) is 3.67. The minimum atomic E-state index is -0.437. The van der Waals surface area contributed by atoms with Crippen molar-refractivity contribution in [2.75, 3.05) is 13.1 Å². The fraction of sp³-hybridized carbons (Fsp3) is 0.700. The highest BCUT2D eigenvalue weighted by atomic mass is 16.2. The van der Waals surface area contributed by atoms with Gasteiger partial charge in [0, 0.05) is 12.5 Å². The van der Waals surface area contributed by atoms with E-state index in [1.807, 2.05) is 6.07 Å². The van der Waals surface area contributed by atoms with Gasteiger partial charge in [0.15, 0.2) is 0 Å². The number of nitrogens with one attached hydrogen (secondary N) is 1. The van der Waals surface area contributed by atoms with E-state index in [0.29, 0.717) is 13.0 Å². The van der Waals surface area contributed by atoms with E-state index >= 15 is 0 Å². The molecule has 0 aromatic heterocycles. The van der Waals surface area contributed by atoms with Gasteiger partial charge in [0.25, 0.3) is 0 Å². The lowest BCUT2D eigenvalue weighted by Gasteiger charge is -2.14. The lowest BCUT2D eigenvalue weighted by atomic mass is 10.2. The summed E-state index contributed by atoms with van der Waals surface area (Å²) in [5.41, 5.74) is 0. The normalized spacial score (nSPS) is 20.5. The molecule has 1 aliphatic rings. The number of likely N-dealkylation sites (tertiary alicyclic amines) is 1. The van der Waals surface area contributed by atoms with E-state index in [2.05, 4.69) is 5.32 Å². The average Bonchev–Trinajstić information content (AvgIpc) is 2.50. The fourth-order valence-electron chi connectivity index (χ4n) is 1.45. The number of carbonyl (C=O) groups excluding carboxylic acids is 2. The van der Waals surface area contributed by atoms with E-state index in [0.717, 1.165) is 0 Å². The monoisotopic (exact) mass is 209 g/mol. The molecule has 1 aliphatic heterocycles. The summed E-state index contributed by atoms with van der Waals surface area (Å²) >= 11 is 0. The van der Waals surface area contributed by atoms with Crippen LogP contribution in [0.3, 0.4) is 0 Å². The zero-order valence-electron chi connectivity index (χ0n) is 8.99. The first kappa shape index (κ1) is 11.5. The van der Waals surface area contributed by atoms with Gasteiger partial charge in [-0.25, -0.2) is 0 Å². The molecule has 15 heavy (non-hydrogen) atoms. The number of rotatable bonds is 3. The van der Waals surface area contributed by atoms with Crippen molar-refractivity contribution in [2.45, 2.75) is 26.3 Å². The summed E-state index contributed by atoms with van der Waals surface area (Å²) in [5, 5.41) is 11.1. The number of nitriles is 1. The highest BCUT2D eigenvalue weighted by Crippen LogP contribution is 2.10. The Morgan fingerprint density at radius 1 is 1.73 bits per heavy atom. The first-order valence-corrected chi connectivity index (χ1v) is 5.02. The number of nitrogens with zero attached hydrogens (tertiary/aromatic N) is 2. The summed E-state index contributed by atoms with van der Waals surface area (Å²) in [6.45, 7) is 4.21. The molecule has 0 radical (unpaired) electrons. The van der Waals surface area contributed by atoms with Crippen LogP contribution in [-0.4, -0.2) is 35.8 Å². The predicted octanol–water partition coefficient (Wildman–Crippen LogP) is -0.117. The van der Waals surface area contributed by atoms with E-state index < -0.39 is 6.04 Å². The summed E-state index contributed by atoms with van der Waals surface area (Å²) < 4.78 is 0. The molecular formula is C10H15N3O2. The summed E-state index contributed by atoms with van der Waals surface area (Å²) in [4.78, 5) is 24.4. The third-order valence-electron chi connectivity index (χ3n) is 2.40. The Labute approximate surface area is 89.0 Å². The predicted molar refractivity (Wildman–Crippen MR) is 53.6 cm³/mol. The molecule has 5 nitrogen and oxygen atoms in total. The second-order valence-electron chi connectivity index (χ2n) is 3.92. The number of hydrogen-bond donors (Lipinski definition) is 1. The number of amides is 2. The van der Waals surface area contributed by atoms with Crippen LogP contribution < -0.4 is 5.32 Å². The van der Waals surface area contributed by atoms with E-state index in [9.17, 15) is 9.59 Å². The molecule has 2 amide bonds. The zero-order valence-corrected chi connectivity index (χ0v) is 8.99. The largest absolute Gasteiger partial charge is 0.344 e. The standard InChI is InChI=1S/C10H15N3O2/c1-7(2)9(14)12-8-3-5-13(6-4-11)10(8)15/h7-8H,3,5-6H2,1-2H3,(H,12,14)/t8-/m1/s1. The van der Waals surface area contributed by atoms with Gasteiger partial charge in [-0.05, 0) is 6.42 Å². The Hall–Kier alpha value is -1.57. The summed E-state index contributed by atoms with van der Waals surface area (Å²) in [7, 11) is 0. The molecule has 0 unspecified atom stereocenters. The van der Waals surface area contributed by atoms with Crippen LogP contribution in [0.4, 0.5) is 0 Å². The fourth-order valence-corrected chi connectivity index (χ4v) is 1.45. The maximum Gasteiger partial charge on any atom is 0.246 e. The van der Waals surface area contributed by atoms with Crippen molar-refractivity contribution in [2.24, 2.45) is 5.92 Å². The van der Waals surface area contributed by atoms with Crippen molar-refractivity contribution >= 4 is 11.8 Å². The lowest BCUT2D eigenvalue weighted by Crippen LogP contribution is -2.43. The van der Waals surface area contributed by atoms with E-state index in [1.54, 1.807) is 13.8 Å². The molecule has 1 fully saturated rings. The van der Waals surface area contributed by atoms with Gasteiger partial charge in [-0.1, -0.05) is 13.8 Å². The molecule has 0 aliphatic carbocycles. The molecule has 0 bridgehead atoms. The molecule has 0 aromatic carbocycles. The van der Waals surface area contributed by atoms with Crippen molar-refractivity contribution in [1.29, 1.82) is 5.26 Å². The second kappa shape index (κ2) is 4.78. The van der Waals surface area contributed by atoms with Crippen LogP contribution in [0.25, 0.3) is 0 Å². The van der Waals surface area contributed by atoms with Crippen LogP contribution in [0, 0.1) is 17.2 Å². The topological polar surface area (TPSA) is 73.2 Å². The second-order valence-corrected chi connectivity index (χ2v) is 3.92. The molecule has 1 atom stereocenters. The summed E-state index contributed by atoms with van der Waals surface area (Å²) in [6.07, 6.45) is 0.596. The van der Waals surface area contributed by atoms with E-state index in [-0.39, 0.29) is 24.3 Å². The molecule has 1 rings (SSSR count). The van der Waals surface area contributed by atoms with Gasteiger partial charge in [0.2, 0.25) is 11.8 Å². The van der Waals surface area contributed by atoms with Gasteiger partial charge in [-0.3, -0.25) is 9.59 Å². The van der Waals surface area contributed by atoms with Crippen molar-refractivity contribution in [1.82, 2.24) is 10.2 Å². The van der Waals surface area contributed by atoms with Gasteiger partial charge in [0.1, 0.15) is 12.6 Å². The van der Waals surface area contributed by atoms with Gasteiger partial charge in [-0.2, -0.15) is 5.26 Å². The molecule has 0 saturated carbocycles. The molecule has 5 heteroatoms. The minimum absolute atomic E-state index is 0.104. The van der Waals surface area contributed by atoms with E-state index in [1.165, 1.54) is 4.90 Å². The van der Waals surface area contributed by atoms with Crippen LogP contribution in [0.5, 0.6) is 0 Å². The van der Waals surface area contributed by atoms with Crippen LogP contribution >= 0.6 is 0 Å². The molecule has 82 valence electrons. The van der Waals surface area contributed by atoms with Crippen molar-refractivity contribution in [3.05, 3.63) is 0 Å². The van der Waals surface area contributed by atoms with Crippen LogP contribution in [0.15, 0.2) is 0 Å². The maximum absolute atomic E-state index is 11.6. The third-order valence-corrected chi connectivity index (χ3v) is 2.40. The SMILES string of the molecule is CC(C)C(=O)N[C@@H]1CCN(CC#N)C1=O. The first-order valence-electron chi connectivity index (χ1n) is 5.02. The lowest BCUT2D eigenvalue weighted by molar-refractivity contribution is -0.133. The molecule has 1 N–H and O–H groups in total. The Balaban J connectivity index is 2.50. The van der Waals surface area contributed by atoms with Crippen LogP contribution in [0.2, 0.25) is 0 Å². The molecule has 0 aromatic rings. The van der Waals surface area contributed by atoms with E-state index in [4.69, 9.17) is 5.26 Å². The summed E-state index contributed by atoms with van der Waals surface area (Å²) in [5.74, 6) is -0.388. The Morgan fingerprint density at radius 2 is 2.40 bits per heavy atom. The minimum Gasteiger partial charge on any atom is -0.344 e. The van der Waals surface area contributed by atoms with Crippen LogP contribution in [-0.2, 0) is 9.59 Å². The molecule has 1 saturated heterocycles. The van der Waals surface area contributed by atoms with Gasteiger partial charge in [0.05, 0.1) is 6.07 Å². The molecular weight excluding hydrogens is 194 g/mol. The third kappa shape index (κ3) is 2.69. The number of hydrogen-bond acceptors (Lipinski definition) is 3. The van der Waals surface area contributed by atoms with Crippen molar-refractivity contribution in [3.8, 4) is 6.07 Å². The van der Waals surface area contributed by atoms with Crippen LogP contribution in [0.1, 0.15) is 20.3 Å². The Morgan fingerprint density at radius 3 is 2.93 bits per heavy atom. The number of carbonyl (C=O) groups is 2. The highest BCUT2D eigenvalue weighted by Gasteiger charge is 2.32. The van der Waals surface area contributed by atoms with Gasteiger partial charge in [-0.15, -0.1) is 0 Å². The Bertz CT molecular complexity index is 306. The smallest absolute Gasteiger partial charge is 0.246 e. The van der Waals surface area contributed by atoms with Gasteiger partial charge < -0.3 is 10.2 Å². The van der Waals surface area contributed by atoms with Crippen molar-refractivity contribution in [3.63, 3.8) is 0 Å². The average molecular weight is 209 g/mol. The highest BCUT2D eigenvalue weighted by molar-refractivity contribution is 5.89. The molecule has 1 heterocycles. The zero-order chi connectivity index (χ0) is 11.4. The van der Waals surface area contributed by atoms with Gasteiger partial charge >= 0.3 is 0 Å². The van der Waals surface area contributed by atoms with Crippen molar-refractivity contribution < 1.29 is 9.59 Å². The maximum atomic E-state index is 11.6. The quantitative estimate of drug-likeness (QED) is 0.659. The summed E-state index contributed by atoms with van der Waals surface area (Å²) in [6, 6.07) is 1.49.